The lowest BCUT2D eigenvalue weighted by molar-refractivity contribution is -0.137. The number of hydrogen-bond acceptors (Lipinski definition) is 2. The molecule has 0 saturated carbocycles. The van der Waals surface area contributed by atoms with Crippen molar-refractivity contribution in [2.45, 2.75) is 38.9 Å². The second kappa shape index (κ2) is 7.54. The second-order valence-electron chi connectivity index (χ2n) is 4.80. The van der Waals surface area contributed by atoms with Crippen LogP contribution in [0, 0.1) is 0 Å². The van der Waals surface area contributed by atoms with Crippen molar-refractivity contribution in [1.29, 1.82) is 0 Å². The normalized spacial score (nSPS) is 12.9. The van der Waals surface area contributed by atoms with Crippen molar-refractivity contribution in [3.8, 4) is 0 Å². The molecule has 0 heterocycles. The zero-order valence-corrected chi connectivity index (χ0v) is 12.6. The molecule has 1 amide bonds. The van der Waals surface area contributed by atoms with E-state index in [0.717, 1.165) is 25.0 Å². The van der Waals surface area contributed by atoms with Gasteiger partial charge in [-0.3, -0.25) is 4.79 Å². The molecule has 7 heteroatoms. The van der Waals surface area contributed by atoms with Crippen LogP contribution in [0.15, 0.2) is 18.2 Å². The summed E-state index contributed by atoms with van der Waals surface area (Å²) in [5.74, 6) is -0.230. The van der Waals surface area contributed by atoms with Crippen molar-refractivity contribution in [3.05, 3.63) is 28.8 Å². The number of amides is 1. The van der Waals surface area contributed by atoms with Crippen molar-refractivity contribution in [3.63, 3.8) is 0 Å². The third kappa shape index (κ3) is 5.83. The molecule has 0 radical (unpaired) electrons. The van der Waals surface area contributed by atoms with Crippen LogP contribution in [-0.2, 0) is 11.0 Å². The molecule has 1 aromatic rings. The lowest BCUT2D eigenvalue weighted by Crippen LogP contribution is -2.36. The van der Waals surface area contributed by atoms with Crippen molar-refractivity contribution in [2.24, 2.45) is 0 Å². The third-order valence-corrected chi connectivity index (χ3v) is 3.18. The summed E-state index contributed by atoms with van der Waals surface area (Å²) in [5.41, 5.74) is -0.526. The Morgan fingerprint density at radius 2 is 2.05 bits per heavy atom. The Bertz CT molecular complexity index is 492. The number of rotatable bonds is 6. The van der Waals surface area contributed by atoms with Gasteiger partial charge in [-0.2, -0.15) is 13.2 Å². The van der Waals surface area contributed by atoms with Crippen molar-refractivity contribution in [2.75, 3.05) is 11.9 Å². The number of anilines is 1. The van der Waals surface area contributed by atoms with Gasteiger partial charge in [0.1, 0.15) is 0 Å². The summed E-state index contributed by atoms with van der Waals surface area (Å²) in [6, 6.07) is 3.04. The van der Waals surface area contributed by atoms with Gasteiger partial charge in [0, 0.05) is 6.04 Å². The number of halogens is 4. The topological polar surface area (TPSA) is 41.1 Å². The third-order valence-electron chi connectivity index (χ3n) is 2.86. The van der Waals surface area contributed by atoms with Crippen LogP contribution < -0.4 is 10.6 Å². The summed E-state index contributed by atoms with van der Waals surface area (Å²) in [4.78, 5) is 11.6. The minimum atomic E-state index is -4.44. The fourth-order valence-corrected chi connectivity index (χ4v) is 2.09. The lowest BCUT2D eigenvalue weighted by Gasteiger charge is -2.14. The van der Waals surface area contributed by atoms with E-state index >= 15 is 0 Å². The fourth-order valence-electron chi connectivity index (χ4n) is 1.84. The van der Waals surface area contributed by atoms with Gasteiger partial charge < -0.3 is 10.6 Å². The first kappa shape index (κ1) is 17.6. The summed E-state index contributed by atoms with van der Waals surface area (Å²) >= 11 is 5.78. The maximum atomic E-state index is 12.5. The fraction of sp³-hybridized carbons (Fsp3) is 0.500. The predicted octanol–water partition coefficient (Wildman–Crippen LogP) is 4.08. The number of carbonyl (C=O) groups is 1. The van der Waals surface area contributed by atoms with Gasteiger partial charge in [-0.05, 0) is 31.5 Å². The highest BCUT2D eigenvalue weighted by molar-refractivity contribution is 6.33. The molecule has 21 heavy (non-hydrogen) atoms. The van der Waals surface area contributed by atoms with Gasteiger partial charge in [-0.1, -0.05) is 24.9 Å². The zero-order valence-electron chi connectivity index (χ0n) is 11.9. The number of carbonyl (C=O) groups excluding carboxylic acids is 1. The van der Waals surface area contributed by atoms with E-state index in [4.69, 9.17) is 11.6 Å². The molecule has 118 valence electrons. The van der Waals surface area contributed by atoms with E-state index in [9.17, 15) is 18.0 Å². The average Bonchev–Trinajstić information content (AvgIpc) is 2.36. The van der Waals surface area contributed by atoms with Gasteiger partial charge in [-0.15, -0.1) is 0 Å². The largest absolute Gasteiger partial charge is 0.416 e. The van der Waals surface area contributed by atoms with Crippen LogP contribution in [0.25, 0.3) is 0 Å². The van der Waals surface area contributed by atoms with Gasteiger partial charge >= 0.3 is 6.18 Å². The number of hydrogen-bond donors (Lipinski definition) is 2. The number of benzene rings is 1. The zero-order chi connectivity index (χ0) is 16.0. The summed E-state index contributed by atoms with van der Waals surface area (Å²) in [6.45, 7) is 3.87. The molecule has 0 bridgehead atoms. The van der Waals surface area contributed by atoms with E-state index in [1.165, 1.54) is 6.07 Å². The van der Waals surface area contributed by atoms with Crippen LogP contribution in [0.5, 0.6) is 0 Å². The quantitative estimate of drug-likeness (QED) is 0.828. The summed E-state index contributed by atoms with van der Waals surface area (Å²) in [6.07, 6.45) is -2.61. The SMILES string of the molecule is CCCC(C)NC(=O)CNc1ccc(C(F)(F)F)cc1Cl. The van der Waals surface area contributed by atoms with Crippen LogP contribution in [0.3, 0.4) is 0 Å². The van der Waals surface area contributed by atoms with Gasteiger partial charge in [-0.25, -0.2) is 0 Å². The molecule has 0 spiro atoms. The summed E-state index contributed by atoms with van der Waals surface area (Å²) in [5, 5.41) is 5.44. The van der Waals surface area contributed by atoms with Crippen LogP contribution in [0.1, 0.15) is 32.3 Å². The summed E-state index contributed by atoms with van der Waals surface area (Å²) in [7, 11) is 0. The van der Waals surface area contributed by atoms with Crippen LogP contribution in [0.2, 0.25) is 5.02 Å². The van der Waals surface area contributed by atoms with Crippen LogP contribution in [-0.4, -0.2) is 18.5 Å². The molecule has 1 aromatic carbocycles. The molecule has 1 atom stereocenters. The highest BCUT2D eigenvalue weighted by Gasteiger charge is 2.30. The Kier molecular flexibility index (Phi) is 6.33. The molecule has 2 N–H and O–H groups in total. The average molecular weight is 323 g/mol. The van der Waals surface area contributed by atoms with Crippen molar-refractivity contribution in [1.82, 2.24) is 5.32 Å². The second-order valence-corrected chi connectivity index (χ2v) is 5.21. The van der Waals surface area contributed by atoms with E-state index in [1.807, 2.05) is 13.8 Å². The first-order chi connectivity index (χ1) is 9.74. The molecule has 1 unspecified atom stereocenters. The predicted molar refractivity (Wildman–Crippen MR) is 77.5 cm³/mol. The Morgan fingerprint density at radius 1 is 1.38 bits per heavy atom. The maximum absolute atomic E-state index is 12.5. The molecular weight excluding hydrogens is 305 g/mol. The minimum Gasteiger partial charge on any atom is -0.375 e. The van der Waals surface area contributed by atoms with E-state index < -0.39 is 11.7 Å². The van der Waals surface area contributed by atoms with Gasteiger partial charge in [0.2, 0.25) is 5.91 Å². The highest BCUT2D eigenvalue weighted by atomic mass is 35.5. The molecule has 0 aliphatic heterocycles. The smallest absolute Gasteiger partial charge is 0.375 e. The van der Waals surface area contributed by atoms with E-state index in [1.54, 1.807) is 0 Å². The van der Waals surface area contributed by atoms with E-state index in [0.29, 0.717) is 5.69 Å². The standard InChI is InChI=1S/C14H18ClF3N2O/c1-3-4-9(2)20-13(21)8-19-12-6-5-10(7-11(12)15)14(16,17)18/h5-7,9,19H,3-4,8H2,1-2H3,(H,20,21). The number of nitrogens with one attached hydrogen (secondary N) is 2. The molecule has 3 nitrogen and oxygen atoms in total. The van der Waals surface area contributed by atoms with Gasteiger partial charge in [0.15, 0.2) is 0 Å². The minimum absolute atomic E-state index is 0.0425. The van der Waals surface area contributed by atoms with E-state index in [-0.39, 0.29) is 23.5 Å². The molecule has 0 aromatic heterocycles. The maximum Gasteiger partial charge on any atom is 0.416 e. The first-order valence-corrected chi connectivity index (χ1v) is 7.01. The molecule has 0 aliphatic rings. The molecule has 0 fully saturated rings. The Morgan fingerprint density at radius 3 is 2.57 bits per heavy atom. The number of alkyl halides is 3. The Labute approximate surface area is 126 Å². The molecule has 0 saturated heterocycles. The monoisotopic (exact) mass is 322 g/mol. The summed E-state index contributed by atoms with van der Waals surface area (Å²) < 4.78 is 37.5. The van der Waals surface area contributed by atoms with Gasteiger partial charge in [0.05, 0.1) is 22.8 Å². The van der Waals surface area contributed by atoms with Gasteiger partial charge in [0.25, 0.3) is 0 Å². The Hall–Kier alpha value is -1.43. The first-order valence-electron chi connectivity index (χ1n) is 6.64. The molecule has 0 aliphatic carbocycles. The van der Waals surface area contributed by atoms with E-state index in [2.05, 4.69) is 10.6 Å². The van der Waals surface area contributed by atoms with Crippen LogP contribution in [0.4, 0.5) is 18.9 Å². The molecule has 1 rings (SSSR count). The lowest BCUT2D eigenvalue weighted by atomic mass is 10.2. The highest BCUT2D eigenvalue weighted by Crippen LogP contribution is 2.33. The van der Waals surface area contributed by atoms with Crippen molar-refractivity contribution < 1.29 is 18.0 Å². The van der Waals surface area contributed by atoms with Crippen molar-refractivity contribution >= 4 is 23.2 Å². The van der Waals surface area contributed by atoms with Crippen LogP contribution >= 0.6 is 11.6 Å². The Balaban J connectivity index is 2.58. The molecular formula is C14H18ClF3N2O.